The Morgan fingerprint density at radius 3 is 2.70 bits per heavy atom. The lowest BCUT2D eigenvalue weighted by molar-refractivity contribution is 0.133. The van der Waals surface area contributed by atoms with Gasteiger partial charge < -0.3 is 10.2 Å². The minimum Gasteiger partial charge on any atom is -0.468 e. The smallest absolute Gasteiger partial charge is 0.122 e. The topological polar surface area (TPSA) is 42.4 Å². The van der Waals surface area contributed by atoms with Crippen molar-refractivity contribution in [1.82, 2.24) is 4.90 Å². The maximum absolute atomic E-state index is 6.36. The van der Waals surface area contributed by atoms with Crippen molar-refractivity contribution < 1.29 is 4.42 Å². The highest BCUT2D eigenvalue weighted by Gasteiger charge is 2.30. The van der Waals surface area contributed by atoms with E-state index in [0.29, 0.717) is 0 Å². The number of hydrogen-bond donors (Lipinski definition) is 1. The number of nitrogens with two attached hydrogens (primary N) is 1. The maximum atomic E-state index is 6.36. The highest BCUT2D eigenvalue weighted by atomic mass is 16.3. The monoisotopic (exact) mass is 270 g/mol. The van der Waals surface area contributed by atoms with Crippen LogP contribution in [0.4, 0.5) is 0 Å². The van der Waals surface area contributed by atoms with E-state index in [2.05, 4.69) is 36.1 Å². The van der Waals surface area contributed by atoms with Gasteiger partial charge in [-0.05, 0) is 36.1 Å². The zero-order chi connectivity index (χ0) is 13.9. The molecular weight excluding hydrogens is 248 g/mol. The largest absolute Gasteiger partial charge is 0.468 e. The Morgan fingerprint density at radius 2 is 2.00 bits per heavy atom. The predicted octanol–water partition coefficient (Wildman–Crippen LogP) is 3.12. The average molecular weight is 270 g/mol. The van der Waals surface area contributed by atoms with Gasteiger partial charge in [0.15, 0.2) is 0 Å². The van der Waals surface area contributed by atoms with E-state index in [9.17, 15) is 0 Å². The summed E-state index contributed by atoms with van der Waals surface area (Å²) < 4.78 is 5.64. The molecule has 0 saturated heterocycles. The van der Waals surface area contributed by atoms with E-state index < -0.39 is 0 Å². The van der Waals surface area contributed by atoms with Crippen LogP contribution in [0.2, 0.25) is 0 Å². The summed E-state index contributed by atoms with van der Waals surface area (Å²) in [5, 5.41) is 0. The lowest BCUT2D eigenvalue weighted by Crippen LogP contribution is -2.43. The van der Waals surface area contributed by atoms with Gasteiger partial charge in [-0.3, -0.25) is 4.90 Å². The van der Waals surface area contributed by atoms with Crippen LogP contribution in [0.5, 0.6) is 0 Å². The van der Waals surface area contributed by atoms with E-state index in [-0.39, 0.29) is 12.1 Å². The van der Waals surface area contributed by atoms with Gasteiger partial charge in [0.05, 0.1) is 12.3 Å². The van der Waals surface area contributed by atoms with Gasteiger partial charge in [-0.25, -0.2) is 0 Å². The van der Waals surface area contributed by atoms with Crippen LogP contribution in [0.15, 0.2) is 47.1 Å². The van der Waals surface area contributed by atoms with Gasteiger partial charge in [0, 0.05) is 19.1 Å². The SMILES string of the molecule is CCC(N)C(c1ccco1)N1CCc2ccccc2C1. The van der Waals surface area contributed by atoms with Gasteiger partial charge in [-0.1, -0.05) is 31.2 Å². The minimum absolute atomic E-state index is 0.103. The molecule has 2 heterocycles. The van der Waals surface area contributed by atoms with Crippen LogP contribution in [0.3, 0.4) is 0 Å². The number of benzene rings is 1. The van der Waals surface area contributed by atoms with Gasteiger partial charge in [-0.15, -0.1) is 0 Å². The second-order valence-corrected chi connectivity index (χ2v) is 5.52. The Labute approximate surface area is 120 Å². The molecule has 2 unspecified atom stereocenters. The van der Waals surface area contributed by atoms with Crippen molar-refractivity contribution in [3.05, 3.63) is 59.5 Å². The Bertz CT molecular complexity index is 550. The average Bonchev–Trinajstić information content (AvgIpc) is 3.01. The van der Waals surface area contributed by atoms with Gasteiger partial charge in [0.2, 0.25) is 0 Å². The third-order valence-corrected chi connectivity index (χ3v) is 4.27. The number of hydrogen-bond acceptors (Lipinski definition) is 3. The van der Waals surface area contributed by atoms with Gasteiger partial charge in [0.25, 0.3) is 0 Å². The molecular formula is C17H22N2O. The zero-order valence-electron chi connectivity index (χ0n) is 12.0. The molecule has 0 fully saturated rings. The van der Waals surface area contributed by atoms with E-state index in [1.807, 2.05) is 12.1 Å². The molecule has 20 heavy (non-hydrogen) atoms. The van der Waals surface area contributed by atoms with Crippen molar-refractivity contribution in [2.45, 2.75) is 38.4 Å². The van der Waals surface area contributed by atoms with Crippen molar-refractivity contribution >= 4 is 0 Å². The number of fused-ring (bicyclic) bond motifs is 1. The molecule has 0 spiro atoms. The number of rotatable bonds is 4. The van der Waals surface area contributed by atoms with E-state index in [0.717, 1.165) is 31.7 Å². The Morgan fingerprint density at radius 1 is 1.20 bits per heavy atom. The van der Waals surface area contributed by atoms with E-state index in [1.54, 1.807) is 6.26 Å². The first-order valence-electron chi connectivity index (χ1n) is 7.39. The molecule has 1 aliphatic rings. The summed E-state index contributed by atoms with van der Waals surface area (Å²) in [5.74, 6) is 0.985. The Hall–Kier alpha value is -1.58. The molecule has 2 atom stereocenters. The summed E-state index contributed by atoms with van der Waals surface area (Å²) in [5.41, 5.74) is 9.24. The number of nitrogens with zero attached hydrogens (tertiary/aromatic N) is 1. The first-order chi connectivity index (χ1) is 9.79. The first-order valence-corrected chi connectivity index (χ1v) is 7.39. The fourth-order valence-electron chi connectivity index (χ4n) is 3.10. The Kier molecular flexibility index (Phi) is 3.90. The van der Waals surface area contributed by atoms with E-state index >= 15 is 0 Å². The van der Waals surface area contributed by atoms with Crippen molar-refractivity contribution in [2.24, 2.45) is 5.73 Å². The molecule has 0 radical (unpaired) electrons. The summed E-state index contributed by atoms with van der Waals surface area (Å²) in [6, 6.07) is 12.9. The maximum Gasteiger partial charge on any atom is 0.122 e. The highest BCUT2D eigenvalue weighted by Crippen LogP contribution is 2.30. The second-order valence-electron chi connectivity index (χ2n) is 5.52. The summed E-state index contributed by atoms with van der Waals surface area (Å²) in [6.45, 7) is 4.13. The van der Waals surface area contributed by atoms with E-state index in [4.69, 9.17) is 10.2 Å². The van der Waals surface area contributed by atoms with Gasteiger partial charge in [0.1, 0.15) is 5.76 Å². The molecule has 2 N–H and O–H groups in total. The molecule has 0 saturated carbocycles. The van der Waals surface area contributed by atoms with Crippen LogP contribution in [-0.2, 0) is 13.0 Å². The fraction of sp³-hybridized carbons (Fsp3) is 0.412. The molecule has 1 aliphatic heterocycles. The first kappa shape index (κ1) is 13.4. The molecule has 1 aromatic heterocycles. The molecule has 1 aromatic carbocycles. The van der Waals surface area contributed by atoms with Crippen LogP contribution in [0.25, 0.3) is 0 Å². The lowest BCUT2D eigenvalue weighted by atomic mass is 9.95. The van der Waals surface area contributed by atoms with Crippen molar-refractivity contribution in [3.8, 4) is 0 Å². The summed E-state index contributed by atoms with van der Waals surface area (Å²) in [7, 11) is 0. The van der Waals surface area contributed by atoms with E-state index in [1.165, 1.54) is 11.1 Å². The molecule has 3 nitrogen and oxygen atoms in total. The third kappa shape index (κ3) is 2.51. The molecule has 3 heteroatoms. The molecule has 2 aromatic rings. The fourth-order valence-corrected chi connectivity index (χ4v) is 3.10. The minimum atomic E-state index is 0.103. The molecule has 0 bridgehead atoms. The third-order valence-electron chi connectivity index (χ3n) is 4.27. The van der Waals surface area contributed by atoms with Crippen molar-refractivity contribution in [1.29, 1.82) is 0 Å². The van der Waals surface area contributed by atoms with Crippen LogP contribution < -0.4 is 5.73 Å². The van der Waals surface area contributed by atoms with Gasteiger partial charge >= 0.3 is 0 Å². The van der Waals surface area contributed by atoms with Crippen LogP contribution in [-0.4, -0.2) is 17.5 Å². The molecule has 0 aliphatic carbocycles. The molecule has 106 valence electrons. The lowest BCUT2D eigenvalue weighted by Gasteiger charge is -2.37. The summed E-state index contributed by atoms with van der Waals surface area (Å²) in [6.07, 6.45) is 3.77. The highest BCUT2D eigenvalue weighted by molar-refractivity contribution is 5.29. The van der Waals surface area contributed by atoms with Gasteiger partial charge in [-0.2, -0.15) is 0 Å². The summed E-state index contributed by atoms with van der Waals surface area (Å²) >= 11 is 0. The second kappa shape index (κ2) is 5.81. The molecule has 3 rings (SSSR count). The zero-order valence-corrected chi connectivity index (χ0v) is 12.0. The van der Waals surface area contributed by atoms with Crippen LogP contribution >= 0.6 is 0 Å². The normalized spacial score (nSPS) is 18.5. The summed E-state index contributed by atoms with van der Waals surface area (Å²) in [4.78, 5) is 2.45. The van der Waals surface area contributed by atoms with Crippen LogP contribution in [0, 0.1) is 0 Å². The number of furan rings is 1. The van der Waals surface area contributed by atoms with Crippen molar-refractivity contribution in [2.75, 3.05) is 6.54 Å². The van der Waals surface area contributed by atoms with Crippen molar-refractivity contribution in [3.63, 3.8) is 0 Å². The predicted molar refractivity (Wildman–Crippen MR) is 80.3 cm³/mol. The molecule has 0 amide bonds. The quantitative estimate of drug-likeness (QED) is 0.928. The standard InChI is InChI=1S/C17H22N2O/c1-2-15(18)17(16-8-5-11-20-16)19-10-9-13-6-3-4-7-14(13)12-19/h3-8,11,15,17H,2,9-10,12,18H2,1H3. The van der Waals surface area contributed by atoms with Crippen LogP contribution in [0.1, 0.15) is 36.3 Å². The Balaban J connectivity index is 1.86.